The molecule has 0 aromatic carbocycles. The number of amides is 7. The predicted octanol–water partition coefficient (Wildman–Crippen LogP) is -1.95. The van der Waals surface area contributed by atoms with Crippen molar-refractivity contribution in [2.24, 2.45) is 0 Å². The van der Waals surface area contributed by atoms with Crippen molar-refractivity contribution < 1.29 is 43.2 Å². The summed E-state index contributed by atoms with van der Waals surface area (Å²) in [5.74, 6) is -4.99. The van der Waals surface area contributed by atoms with Crippen LogP contribution in [0.2, 0.25) is 0 Å². The Morgan fingerprint density at radius 2 is 1.15 bits per heavy atom. The second-order valence-electron chi connectivity index (χ2n) is 7.25. The van der Waals surface area contributed by atoms with E-state index in [9.17, 15) is 38.4 Å². The van der Waals surface area contributed by atoms with Gasteiger partial charge < -0.3 is 9.74 Å². The van der Waals surface area contributed by atoms with Crippen molar-refractivity contribution in [3.63, 3.8) is 0 Å². The fraction of sp³-hybridized carbons (Fsp3) is 0.400. The lowest BCUT2D eigenvalue weighted by molar-refractivity contribution is -0.197. The molecule has 174 valence electrons. The van der Waals surface area contributed by atoms with Crippen LogP contribution in [0.1, 0.15) is 25.7 Å². The van der Waals surface area contributed by atoms with Gasteiger partial charge in [-0.2, -0.15) is 0 Å². The molecule has 3 heterocycles. The van der Waals surface area contributed by atoms with E-state index in [0.29, 0.717) is 5.06 Å². The normalized spacial score (nSPS) is 17.8. The van der Waals surface area contributed by atoms with Gasteiger partial charge in [0.2, 0.25) is 5.91 Å². The molecule has 0 aliphatic carbocycles. The van der Waals surface area contributed by atoms with E-state index in [1.165, 1.54) is 4.90 Å². The van der Waals surface area contributed by atoms with Crippen LogP contribution in [-0.4, -0.2) is 93.3 Å². The first-order valence-corrected chi connectivity index (χ1v) is 10.1. The Labute approximate surface area is 187 Å². The van der Waals surface area contributed by atoms with Crippen molar-refractivity contribution in [3.8, 4) is 0 Å². The molecule has 13 nitrogen and oxygen atoms in total. The van der Waals surface area contributed by atoms with Gasteiger partial charge >= 0.3 is 5.97 Å². The third kappa shape index (κ3) is 5.56. The molecule has 0 atom stereocenters. The van der Waals surface area contributed by atoms with Gasteiger partial charge in [0.15, 0.2) is 0 Å². The minimum Gasteiger partial charge on any atom is -0.339 e. The van der Waals surface area contributed by atoms with Crippen LogP contribution in [0.15, 0.2) is 24.3 Å². The first kappa shape index (κ1) is 23.5. The van der Waals surface area contributed by atoms with E-state index in [-0.39, 0.29) is 45.4 Å². The molecule has 0 bridgehead atoms. The van der Waals surface area contributed by atoms with Crippen molar-refractivity contribution in [3.05, 3.63) is 24.3 Å². The molecule has 13 heteroatoms. The van der Waals surface area contributed by atoms with Gasteiger partial charge in [0.05, 0.1) is 6.42 Å². The second kappa shape index (κ2) is 9.97. The first-order chi connectivity index (χ1) is 15.7. The van der Waals surface area contributed by atoms with E-state index in [4.69, 9.17) is 4.84 Å². The second-order valence-corrected chi connectivity index (χ2v) is 7.25. The largest absolute Gasteiger partial charge is 0.339 e. The van der Waals surface area contributed by atoms with Gasteiger partial charge in [-0.1, -0.05) is 0 Å². The van der Waals surface area contributed by atoms with Gasteiger partial charge in [-0.25, -0.2) is 4.79 Å². The predicted molar refractivity (Wildman–Crippen MR) is 105 cm³/mol. The molecule has 33 heavy (non-hydrogen) atoms. The van der Waals surface area contributed by atoms with E-state index >= 15 is 0 Å². The molecule has 3 aliphatic heterocycles. The summed E-state index contributed by atoms with van der Waals surface area (Å²) in [5.41, 5.74) is 0. The number of carbonyl (C=O) groups is 8. The number of imide groups is 3. The standard InChI is InChI=1S/C20H20N4O9/c25-13(7-8-20(32)33-24-18(30)5-6-19(24)31)21(9-11-22-14(26)1-2-15(22)27)10-12-23-16(28)3-4-17(23)29/h1-4H,5-12H2. The maximum atomic E-state index is 12.7. The van der Waals surface area contributed by atoms with Gasteiger partial charge in [0.25, 0.3) is 35.4 Å². The Bertz CT molecular complexity index is 901. The van der Waals surface area contributed by atoms with Crippen molar-refractivity contribution in [1.82, 2.24) is 19.8 Å². The average molecular weight is 460 g/mol. The van der Waals surface area contributed by atoms with Crippen LogP contribution in [0, 0.1) is 0 Å². The molecule has 0 spiro atoms. The van der Waals surface area contributed by atoms with E-state index in [1.807, 2.05) is 0 Å². The zero-order chi connectivity index (χ0) is 24.1. The van der Waals surface area contributed by atoms with E-state index < -0.39 is 53.7 Å². The van der Waals surface area contributed by atoms with Crippen LogP contribution in [-0.2, 0) is 43.2 Å². The molecule has 1 saturated heterocycles. The van der Waals surface area contributed by atoms with Gasteiger partial charge in [-0.15, -0.1) is 5.06 Å². The summed E-state index contributed by atoms with van der Waals surface area (Å²) < 4.78 is 0. The highest BCUT2D eigenvalue weighted by molar-refractivity contribution is 6.13. The van der Waals surface area contributed by atoms with Crippen LogP contribution < -0.4 is 0 Å². The fourth-order valence-corrected chi connectivity index (χ4v) is 3.28. The summed E-state index contributed by atoms with van der Waals surface area (Å²) in [7, 11) is 0. The van der Waals surface area contributed by atoms with Crippen LogP contribution in [0.4, 0.5) is 0 Å². The lowest BCUT2D eigenvalue weighted by atomic mass is 10.2. The Morgan fingerprint density at radius 1 is 0.727 bits per heavy atom. The zero-order valence-electron chi connectivity index (χ0n) is 17.4. The molecule has 3 aliphatic rings. The molecule has 0 unspecified atom stereocenters. The van der Waals surface area contributed by atoms with Crippen molar-refractivity contribution in [2.45, 2.75) is 25.7 Å². The van der Waals surface area contributed by atoms with E-state index in [0.717, 1.165) is 34.1 Å². The molecule has 0 radical (unpaired) electrons. The molecule has 0 aromatic rings. The van der Waals surface area contributed by atoms with Crippen LogP contribution >= 0.6 is 0 Å². The Kier molecular flexibility index (Phi) is 7.10. The average Bonchev–Trinajstić information content (AvgIpc) is 3.39. The Balaban J connectivity index is 1.56. The molecule has 7 amide bonds. The highest BCUT2D eigenvalue weighted by Crippen LogP contribution is 2.13. The maximum absolute atomic E-state index is 12.7. The minimum absolute atomic E-state index is 0.0651. The maximum Gasteiger partial charge on any atom is 0.333 e. The monoisotopic (exact) mass is 460 g/mol. The summed E-state index contributed by atoms with van der Waals surface area (Å²) in [4.78, 5) is 102. The number of hydroxylamine groups is 2. The molecule has 0 aromatic heterocycles. The highest BCUT2D eigenvalue weighted by atomic mass is 16.7. The summed E-state index contributed by atoms with van der Waals surface area (Å²) >= 11 is 0. The SMILES string of the molecule is O=C(CCC(=O)N(CCN1C(=O)C=CC1=O)CCN1C(=O)C=CC1=O)ON1C(=O)CCC1=O. The summed E-state index contributed by atoms with van der Waals surface area (Å²) in [6.45, 7) is -0.449. The van der Waals surface area contributed by atoms with Crippen molar-refractivity contribution in [1.29, 1.82) is 0 Å². The highest BCUT2D eigenvalue weighted by Gasteiger charge is 2.33. The minimum atomic E-state index is -0.963. The quantitative estimate of drug-likeness (QED) is 0.338. The number of nitrogens with zero attached hydrogens (tertiary/aromatic N) is 4. The van der Waals surface area contributed by atoms with Crippen LogP contribution in [0.5, 0.6) is 0 Å². The van der Waals surface area contributed by atoms with Gasteiger partial charge in [-0.3, -0.25) is 43.4 Å². The number of hydrogen-bond acceptors (Lipinski definition) is 9. The Hall–Kier alpha value is -4.16. The Morgan fingerprint density at radius 3 is 1.58 bits per heavy atom. The zero-order valence-corrected chi connectivity index (χ0v) is 17.4. The summed E-state index contributed by atoms with van der Waals surface area (Å²) in [6, 6.07) is 0. The molecular formula is C20H20N4O9. The lowest BCUT2D eigenvalue weighted by Gasteiger charge is -2.26. The topological polar surface area (TPSA) is 159 Å². The summed E-state index contributed by atoms with van der Waals surface area (Å²) in [5, 5.41) is 0.375. The molecular weight excluding hydrogens is 440 g/mol. The molecule has 0 N–H and O–H groups in total. The van der Waals surface area contributed by atoms with Gasteiger partial charge in [0, 0.05) is 69.7 Å². The third-order valence-electron chi connectivity index (χ3n) is 5.08. The number of rotatable bonds is 10. The molecule has 3 rings (SSSR count). The van der Waals surface area contributed by atoms with E-state index in [1.54, 1.807) is 0 Å². The first-order valence-electron chi connectivity index (χ1n) is 10.1. The molecule has 0 saturated carbocycles. The van der Waals surface area contributed by atoms with Crippen molar-refractivity contribution >= 4 is 47.3 Å². The van der Waals surface area contributed by atoms with E-state index in [2.05, 4.69) is 0 Å². The summed E-state index contributed by atoms with van der Waals surface area (Å²) in [6.07, 6.45) is 3.44. The van der Waals surface area contributed by atoms with Gasteiger partial charge in [0.1, 0.15) is 0 Å². The molecule has 1 fully saturated rings. The van der Waals surface area contributed by atoms with Crippen LogP contribution in [0.3, 0.4) is 0 Å². The van der Waals surface area contributed by atoms with Crippen molar-refractivity contribution in [2.75, 3.05) is 26.2 Å². The smallest absolute Gasteiger partial charge is 0.333 e. The number of carbonyl (C=O) groups excluding carboxylic acids is 8. The third-order valence-corrected chi connectivity index (χ3v) is 5.08. The fourth-order valence-electron chi connectivity index (χ4n) is 3.28. The van der Waals surface area contributed by atoms with Crippen LogP contribution in [0.25, 0.3) is 0 Å². The lowest BCUT2D eigenvalue weighted by Crippen LogP contribution is -2.45. The number of hydrogen-bond donors (Lipinski definition) is 0. The van der Waals surface area contributed by atoms with Gasteiger partial charge in [-0.05, 0) is 0 Å².